The van der Waals surface area contributed by atoms with Crippen LogP contribution in [0, 0.1) is 5.82 Å². The first-order valence-corrected chi connectivity index (χ1v) is 10.4. The summed E-state index contributed by atoms with van der Waals surface area (Å²) in [6, 6.07) is 6.79. The maximum atomic E-state index is 14.2. The molecule has 0 spiro atoms. The van der Waals surface area contributed by atoms with E-state index in [9.17, 15) is 9.18 Å². The molecule has 0 amide bonds. The first kappa shape index (κ1) is 19.2. The fourth-order valence-electron chi connectivity index (χ4n) is 3.75. The normalized spacial score (nSPS) is 15.3. The number of hydrogen-bond acceptors (Lipinski definition) is 7. The molecule has 0 bridgehead atoms. The minimum absolute atomic E-state index is 0.173. The van der Waals surface area contributed by atoms with Crippen molar-refractivity contribution in [2.75, 3.05) is 33.4 Å². The summed E-state index contributed by atoms with van der Waals surface area (Å²) in [5, 5.41) is 4.97. The van der Waals surface area contributed by atoms with Gasteiger partial charge in [-0.2, -0.15) is 9.61 Å². The van der Waals surface area contributed by atoms with Crippen molar-refractivity contribution in [3.8, 4) is 5.75 Å². The van der Waals surface area contributed by atoms with Crippen LogP contribution in [0.1, 0.15) is 10.4 Å². The van der Waals surface area contributed by atoms with E-state index in [0.717, 1.165) is 47.9 Å². The number of methoxy groups -OCH3 is 1. The molecule has 5 rings (SSSR count). The standard InChI is InChI=1S/C20H20FN5O3S/c1-28-17-3-2-13(8-16(17)21)10-25-19-15(18-22-12-23-26(18)20(25)27)9-14(30-19)11-24-4-6-29-7-5-24/h2-3,8-9,12H,4-7,10-11H2,1H3. The second-order valence-corrected chi connectivity index (χ2v) is 8.27. The molecule has 1 fully saturated rings. The first-order valence-electron chi connectivity index (χ1n) is 9.61. The number of nitrogens with zero attached hydrogens (tertiary/aromatic N) is 5. The van der Waals surface area contributed by atoms with E-state index < -0.39 is 5.82 Å². The van der Waals surface area contributed by atoms with Gasteiger partial charge in [-0.05, 0) is 23.8 Å². The Morgan fingerprint density at radius 1 is 1.23 bits per heavy atom. The number of benzene rings is 1. The van der Waals surface area contributed by atoms with Crippen molar-refractivity contribution < 1.29 is 13.9 Å². The van der Waals surface area contributed by atoms with Gasteiger partial charge in [0.1, 0.15) is 11.2 Å². The van der Waals surface area contributed by atoms with Gasteiger partial charge in [-0.15, -0.1) is 11.3 Å². The molecule has 4 aromatic rings. The van der Waals surface area contributed by atoms with Crippen molar-refractivity contribution in [2.45, 2.75) is 13.1 Å². The number of fused-ring (bicyclic) bond motifs is 3. The number of thiophene rings is 1. The van der Waals surface area contributed by atoms with E-state index in [-0.39, 0.29) is 18.0 Å². The molecule has 0 radical (unpaired) electrons. The Morgan fingerprint density at radius 3 is 2.83 bits per heavy atom. The van der Waals surface area contributed by atoms with Crippen molar-refractivity contribution in [1.29, 1.82) is 0 Å². The van der Waals surface area contributed by atoms with Crippen molar-refractivity contribution in [2.24, 2.45) is 0 Å². The zero-order chi connectivity index (χ0) is 20.7. The lowest BCUT2D eigenvalue weighted by atomic mass is 10.2. The van der Waals surface area contributed by atoms with Crippen molar-refractivity contribution in [1.82, 2.24) is 24.1 Å². The van der Waals surface area contributed by atoms with Crippen LogP contribution in [0.15, 0.2) is 35.4 Å². The Labute approximate surface area is 175 Å². The van der Waals surface area contributed by atoms with Crippen LogP contribution in [0.4, 0.5) is 4.39 Å². The quantitative estimate of drug-likeness (QED) is 0.484. The Hall–Kier alpha value is -2.82. The zero-order valence-electron chi connectivity index (χ0n) is 16.4. The molecule has 4 heterocycles. The van der Waals surface area contributed by atoms with E-state index >= 15 is 0 Å². The van der Waals surface area contributed by atoms with Gasteiger partial charge in [-0.25, -0.2) is 14.2 Å². The fraction of sp³-hybridized carbons (Fsp3) is 0.350. The minimum Gasteiger partial charge on any atom is -0.494 e. The molecule has 1 aliphatic heterocycles. The monoisotopic (exact) mass is 429 g/mol. The number of rotatable bonds is 5. The van der Waals surface area contributed by atoms with Crippen LogP contribution in [-0.2, 0) is 17.8 Å². The summed E-state index contributed by atoms with van der Waals surface area (Å²) in [6.07, 6.45) is 1.38. The highest BCUT2D eigenvalue weighted by Crippen LogP contribution is 2.29. The number of ether oxygens (including phenoxy) is 2. The van der Waals surface area contributed by atoms with Gasteiger partial charge < -0.3 is 9.47 Å². The third kappa shape index (κ3) is 3.36. The molecule has 3 aromatic heterocycles. The maximum absolute atomic E-state index is 14.2. The molecule has 0 unspecified atom stereocenters. The van der Waals surface area contributed by atoms with Gasteiger partial charge >= 0.3 is 5.69 Å². The van der Waals surface area contributed by atoms with Gasteiger partial charge in [0, 0.05) is 24.5 Å². The summed E-state index contributed by atoms with van der Waals surface area (Å²) in [6.45, 7) is 4.23. The lowest BCUT2D eigenvalue weighted by Crippen LogP contribution is -2.35. The van der Waals surface area contributed by atoms with Crippen LogP contribution in [0.3, 0.4) is 0 Å². The van der Waals surface area contributed by atoms with E-state index in [1.54, 1.807) is 28.0 Å². The second-order valence-electron chi connectivity index (χ2n) is 7.15. The molecule has 8 nitrogen and oxygen atoms in total. The molecule has 1 saturated heterocycles. The maximum Gasteiger partial charge on any atom is 0.352 e. The van der Waals surface area contributed by atoms with Crippen LogP contribution in [0.2, 0.25) is 0 Å². The number of aromatic nitrogens is 4. The van der Waals surface area contributed by atoms with E-state index in [1.165, 1.54) is 24.0 Å². The number of halogens is 1. The number of morpholine rings is 1. The highest BCUT2D eigenvalue weighted by Gasteiger charge is 2.19. The summed E-state index contributed by atoms with van der Waals surface area (Å²) >= 11 is 1.56. The highest BCUT2D eigenvalue weighted by molar-refractivity contribution is 7.18. The van der Waals surface area contributed by atoms with Gasteiger partial charge in [0.2, 0.25) is 0 Å². The van der Waals surface area contributed by atoms with Gasteiger partial charge in [0.25, 0.3) is 0 Å². The fourth-order valence-corrected chi connectivity index (χ4v) is 4.93. The van der Waals surface area contributed by atoms with Crippen LogP contribution >= 0.6 is 11.3 Å². The van der Waals surface area contributed by atoms with E-state index in [4.69, 9.17) is 9.47 Å². The smallest absolute Gasteiger partial charge is 0.352 e. The molecule has 0 atom stereocenters. The van der Waals surface area contributed by atoms with Gasteiger partial charge in [0.15, 0.2) is 17.2 Å². The van der Waals surface area contributed by atoms with Crippen molar-refractivity contribution in [3.63, 3.8) is 0 Å². The molecular formula is C20H20FN5O3S. The Kier molecular flexibility index (Phi) is 4.97. The second kappa shape index (κ2) is 7.78. The van der Waals surface area contributed by atoms with Gasteiger partial charge in [0.05, 0.1) is 32.3 Å². The Bertz CT molecular complexity index is 1270. The molecule has 0 saturated carbocycles. The van der Waals surface area contributed by atoms with Crippen molar-refractivity contribution >= 4 is 27.2 Å². The molecular weight excluding hydrogens is 409 g/mol. The topological polar surface area (TPSA) is 73.9 Å². The summed E-state index contributed by atoms with van der Waals surface area (Å²) in [5.74, 6) is -0.285. The summed E-state index contributed by atoms with van der Waals surface area (Å²) < 4.78 is 27.5. The SMILES string of the molecule is COc1ccc(Cn2c(=O)n3ncnc3c3cc(CN4CCOCC4)sc32)cc1F. The molecule has 0 N–H and O–H groups in total. The summed E-state index contributed by atoms with van der Waals surface area (Å²) in [5.41, 5.74) is 0.905. The molecule has 10 heteroatoms. The predicted molar refractivity (Wildman–Crippen MR) is 111 cm³/mol. The zero-order valence-corrected chi connectivity index (χ0v) is 17.2. The Balaban J connectivity index is 1.59. The third-order valence-corrected chi connectivity index (χ3v) is 6.39. The third-order valence-electron chi connectivity index (χ3n) is 5.25. The Morgan fingerprint density at radius 2 is 2.07 bits per heavy atom. The first-order chi connectivity index (χ1) is 14.6. The van der Waals surface area contributed by atoms with E-state index in [2.05, 4.69) is 21.0 Å². The van der Waals surface area contributed by atoms with Crippen LogP contribution in [-0.4, -0.2) is 57.5 Å². The van der Waals surface area contributed by atoms with E-state index in [1.807, 2.05) is 0 Å². The summed E-state index contributed by atoms with van der Waals surface area (Å²) in [4.78, 5) is 21.7. The largest absolute Gasteiger partial charge is 0.494 e. The van der Waals surface area contributed by atoms with Gasteiger partial charge in [-0.3, -0.25) is 9.47 Å². The highest BCUT2D eigenvalue weighted by atomic mass is 32.1. The average Bonchev–Trinajstić information content (AvgIpc) is 3.39. The van der Waals surface area contributed by atoms with Crippen LogP contribution in [0.25, 0.3) is 15.9 Å². The van der Waals surface area contributed by atoms with Crippen molar-refractivity contribution in [3.05, 3.63) is 57.3 Å². The molecule has 0 aliphatic carbocycles. The summed E-state index contributed by atoms with van der Waals surface area (Å²) in [7, 11) is 1.42. The molecule has 156 valence electrons. The lowest BCUT2D eigenvalue weighted by molar-refractivity contribution is 0.0346. The van der Waals surface area contributed by atoms with Crippen LogP contribution < -0.4 is 10.4 Å². The average molecular weight is 429 g/mol. The molecule has 1 aliphatic rings. The molecule has 1 aromatic carbocycles. The minimum atomic E-state index is -0.458. The van der Waals surface area contributed by atoms with E-state index in [0.29, 0.717) is 11.2 Å². The predicted octanol–water partition coefficient (Wildman–Crippen LogP) is 2.13. The lowest BCUT2D eigenvalue weighted by Gasteiger charge is -2.25. The van der Waals surface area contributed by atoms with Crippen LogP contribution in [0.5, 0.6) is 5.75 Å². The van der Waals surface area contributed by atoms with Gasteiger partial charge in [-0.1, -0.05) is 6.07 Å². The number of hydrogen-bond donors (Lipinski definition) is 0. The molecule has 30 heavy (non-hydrogen) atoms.